The molecule has 1 aromatic carbocycles. The van der Waals surface area contributed by atoms with E-state index in [9.17, 15) is 4.79 Å². The van der Waals surface area contributed by atoms with Crippen LogP contribution >= 0.6 is 0 Å². The molecule has 0 aromatic heterocycles. The fourth-order valence-electron chi connectivity index (χ4n) is 1.35. The number of carbonyl (C=O) groups is 1. The molecule has 0 saturated carbocycles. The molecule has 2 N–H and O–H groups in total. The van der Waals surface area contributed by atoms with Crippen molar-refractivity contribution in [2.75, 3.05) is 19.0 Å². The third-order valence-electron chi connectivity index (χ3n) is 2.19. The lowest BCUT2D eigenvalue weighted by molar-refractivity contribution is -0.116. The van der Waals surface area contributed by atoms with Gasteiger partial charge < -0.3 is 15.2 Å². The second-order valence-electron chi connectivity index (χ2n) is 3.58. The predicted molar refractivity (Wildman–Crippen MR) is 62.7 cm³/mol. The molecule has 0 bridgehead atoms. The first-order valence-corrected chi connectivity index (χ1v) is 5.22. The molecular formula is C12H17NO3. The van der Waals surface area contributed by atoms with E-state index >= 15 is 0 Å². The zero-order valence-corrected chi connectivity index (χ0v) is 9.62. The number of amides is 1. The van der Waals surface area contributed by atoms with E-state index in [4.69, 9.17) is 9.84 Å². The molecule has 0 saturated heterocycles. The lowest BCUT2D eigenvalue weighted by atomic mass is 10.2. The van der Waals surface area contributed by atoms with Crippen molar-refractivity contribution >= 4 is 11.6 Å². The van der Waals surface area contributed by atoms with Crippen molar-refractivity contribution in [3.8, 4) is 5.75 Å². The number of aliphatic hydroxyl groups excluding tert-OH is 1. The highest BCUT2D eigenvalue weighted by Crippen LogP contribution is 2.25. The molecule has 0 fully saturated rings. The van der Waals surface area contributed by atoms with Crippen molar-refractivity contribution in [2.45, 2.75) is 19.8 Å². The lowest BCUT2D eigenvalue weighted by Crippen LogP contribution is -2.12. The molecule has 0 unspecified atom stereocenters. The predicted octanol–water partition coefficient (Wildman–Crippen LogP) is 1.71. The van der Waals surface area contributed by atoms with Crippen LogP contribution in [0.2, 0.25) is 0 Å². The highest BCUT2D eigenvalue weighted by atomic mass is 16.5. The van der Waals surface area contributed by atoms with Crippen LogP contribution in [0.3, 0.4) is 0 Å². The maximum absolute atomic E-state index is 11.4. The van der Waals surface area contributed by atoms with Crippen molar-refractivity contribution in [1.29, 1.82) is 0 Å². The second-order valence-corrected chi connectivity index (χ2v) is 3.58. The molecule has 1 rings (SSSR count). The summed E-state index contributed by atoms with van der Waals surface area (Å²) in [5, 5.41) is 11.4. The minimum atomic E-state index is -0.115. The summed E-state index contributed by atoms with van der Waals surface area (Å²) in [4.78, 5) is 11.4. The Kier molecular flexibility index (Phi) is 4.79. The highest BCUT2D eigenvalue weighted by Gasteiger charge is 2.06. The first-order chi connectivity index (χ1) is 7.67. The summed E-state index contributed by atoms with van der Waals surface area (Å²) in [6.45, 7) is 1.98. The summed E-state index contributed by atoms with van der Waals surface area (Å²) in [7, 11) is 1.57. The van der Waals surface area contributed by atoms with Gasteiger partial charge in [-0.25, -0.2) is 0 Å². The lowest BCUT2D eigenvalue weighted by Gasteiger charge is -2.10. The van der Waals surface area contributed by atoms with Gasteiger partial charge in [-0.1, -0.05) is 6.07 Å². The van der Waals surface area contributed by atoms with Crippen molar-refractivity contribution < 1.29 is 14.6 Å². The molecule has 0 radical (unpaired) electrons. The normalized spacial score (nSPS) is 9.94. The quantitative estimate of drug-likeness (QED) is 0.799. The van der Waals surface area contributed by atoms with Crippen LogP contribution in [0.15, 0.2) is 18.2 Å². The summed E-state index contributed by atoms with van der Waals surface area (Å²) in [6, 6.07) is 5.58. The molecule has 0 heterocycles. The van der Waals surface area contributed by atoms with Crippen LogP contribution in [-0.4, -0.2) is 24.7 Å². The third-order valence-corrected chi connectivity index (χ3v) is 2.19. The first kappa shape index (κ1) is 12.5. The molecule has 4 nitrogen and oxygen atoms in total. The van der Waals surface area contributed by atoms with Crippen molar-refractivity contribution in [1.82, 2.24) is 0 Å². The average Bonchev–Trinajstić information content (AvgIpc) is 2.28. The maximum atomic E-state index is 11.4. The van der Waals surface area contributed by atoms with Crippen LogP contribution in [0, 0.1) is 6.92 Å². The fraction of sp³-hybridized carbons (Fsp3) is 0.417. The van der Waals surface area contributed by atoms with Gasteiger partial charge in [0, 0.05) is 13.0 Å². The van der Waals surface area contributed by atoms with Crippen LogP contribution in [0.25, 0.3) is 0 Å². The number of aryl methyl sites for hydroxylation is 1. The third kappa shape index (κ3) is 3.55. The molecule has 0 spiro atoms. The van der Waals surface area contributed by atoms with Crippen molar-refractivity contribution in [3.63, 3.8) is 0 Å². The Balaban J connectivity index is 2.69. The Hall–Kier alpha value is -1.55. The van der Waals surface area contributed by atoms with Gasteiger partial charge in [-0.05, 0) is 31.0 Å². The summed E-state index contributed by atoms with van der Waals surface area (Å²) < 4.78 is 5.17. The van der Waals surface area contributed by atoms with E-state index in [1.165, 1.54) is 0 Å². The van der Waals surface area contributed by atoms with E-state index in [0.717, 1.165) is 5.56 Å². The number of methoxy groups -OCH3 is 1. The summed E-state index contributed by atoms with van der Waals surface area (Å²) in [5.74, 6) is 0.536. The van der Waals surface area contributed by atoms with Gasteiger partial charge in [-0.2, -0.15) is 0 Å². The number of carbonyl (C=O) groups excluding carboxylic acids is 1. The molecule has 4 heteroatoms. The monoisotopic (exact) mass is 223 g/mol. The fourth-order valence-corrected chi connectivity index (χ4v) is 1.35. The second kappa shape index (κ2) is 6.12. The summed E-state index contributed by atoms with van der Waals surface area (Å²) >= 11 is 0. The molecule has 1 amide bonds. The Morgan fingerprint density at radius 3 is 2.88 bits per heavy atom. The minimum absolute atomic E-state index is 0.0262. The van der Waals surface area contributed by atoms with E-state index in [-0.39, 0.29) is 12.5 Å². The van der Waals surface area contributed by atoms with Crippen molar-refractivity contribution in [2.24, 2.45) is 0 Å². The number of rotatable bonds is 5. The standard InChI is InChI=1S/C12H17NO3/c1-9-5-6-10(11(8-9)16-2)13-12(15)4-3-7-14/h5-6,8,14H,3-4,7H2,1-2H3,(H,13,15). The number of hydrogen-bond donors (Lipinski definition) is 2. The molecule has 16 heavy (non-hydrogen) atoms. The van der Waals surface area contributed by atoms with E-state index in [1.54, 1.807) is 7.11 Å². The largest absolute Gasteiger partial charge is 0.495 e. The van der Waals surface area contributed by atoms with E-state index in [2.05, 4.69) is 5.32 Å². The number of ether oxygens (including phenoxy) is 1. The smallest absolute Gasteiger partial charge is 0.224 e. The van der Waals surface area contributed by atoms with E-state index in [1.807, 2.05) is 25.1 Å². The Morgan fingerprint density at radius 1 is 1.50 bits per heavy atom. The average molecular weight is 223 g/mol. The molecule has 0 aliphatic heterocycles. The van der Waals surface area contributed by atoms with Gasteiger partial charge in [0.1, 0.15) is 5.75 Å². The van der Waals surface area contributed by atoms with E-state index < -0.39 is 0 Å². The first-order valence-electron chi connectivity index (χ1n) is 5.22. The number of aliphatic hydroxyl groups is 1. The van der Waals surface area contributed by atoms with Crippen molar-refractivity contribution in [3.05, 3.63) is 23.8 Å². The molecule has 0 aliphatic rings. The number of anilines is 1. The minimum Gasteiger partial charge on any atom is -0.495 e. The molecule has 1 aromatic rings. The number of nitrogens with one attached hydrogen (secondary N) is 1. The van der Waals surface area contributed by atoms with Gasteiger partial charge in [-0.3, -0.25) is 4.79 Å². The highest BCUT2D eigenvalue weighted by molar-refractivity contribution is 5.92. The Bertz CT molecular complexity index is 363. The van der Waals surface area contributed by atoms with Gasteiger partial charge in [0.05, 0.1) is 12.8 Å². The Labute approximate surface area is 95.2 Å². The van der Waals surface area contributed by atoms with Gasteiger partial charge in [-0.15, -0.1) is 0 Å². The molecule has 0 atom stereocenters. The van der Waals surface area contributed by atoms with Crippen LogP contribution in [-0.2, 0) is 4.79 Å². The van der Waals surface area contributed by atoms with Gasteiger partial charge in [0.15, 0.2) is 0 Å². The molecule has 88 valence electrons. The van der Waals surface area contributed by atoms with Gasteiger partial charge >= 0.3 is 0 Å². The van der Waals surface area contributed by atoms with Gasteiger partial charge in [0.2, 0.25) is 5.91 Å². The van der Waals surface area contributed by atoms with E-state index in [0.29, 0.717) is 24.3 Å². The molecule has 0 aliphatic carbocycles. The SMILES string of the molecule is COc1cc(C)ccc1NC(=O)CCCO. The summed E-state index contributed by atoms with van der Waals surface area (Å²) in [5.41, 5.74) is 1.74. The topological polar surface area (TPSA) is 58.6 Å². The number of hydrogen-bond acceptors (Lipinski definition) is 3. The summed E-state index contributed by atoms with van der Waals surface area (Å²) in [6.07, 6.45) is 0.785. The zero-order chi connectivity index (χ0) is 12.0. The van der Waals surface area contributed by atoms with Crippen LogP contribution < -0.4 is 10.1 Å². The number of benzene rings is 1. The van der Waals surface area contributed by atoms with Crippen LogP contribution in [0.1, 0.15) is 18.4 Å². The van der Waals surface area contributed by atoms with Gasteiger partial charge in [0.25, 0.3) is 0 Å². The molecular weight excluding hydrogens is 206 g/mol. The maximum Gasteiger partial charge on any atom is 0.224 e. The zero-order valence-electron chi connectivity index (χ0n) is 9.62. The van der Waals surface area contributed by atoms with Crippen LogP contribution in [0.5, 0.6) is 5.75 Å². The van der Waals surface area contributed by atoms with Crippen LogP contribution in [0.4, 0.5) is 5.69 Å². The Morgan fingerprint density at radius 2 is 2.25 bits per heavy atom.